The van der Waals surface area contributed by atoms with Crippen molar-refractivity contribution in [3.8, 4) is 28.7 Å². The molecular formula is C25H32N4O5. The molecule has 0 fully saturated rings. The first kappa shape index (κ1) is 25.3. The molecule has 1 aromatic carbocycles. The van der Waals surface area contributed by atoms with E-state index in [0.717, 1.165) is 40.1 Å². The fourth-order valence-electron chi connectivity index (χ4n) is 3.67. The maximum atomic E-state index is 11.1. The lowest BCUT2D eigenvalue weighted by molar-refractivity contribution is -0.124. The van der Waals surface area contributed by atoms with E-state index in [1.807, 2.05) is 45.0 Å². The molecule has 2 heterocycles. The minimum atomic E-state index is -0.906. The first-order chi connectivity index (χ1) is 16.2. The summed E-state index contributed by atoms with van der Waals surface area (Å²) in [5.74, 6) is 1.42. The van der Waals surface area contributed by atoms with Crippen molar-refractivity contribution in [2.24, 2.45) is 5.92 Å². The summed E-state index contributed by atoms with van der Waals surface area (Å²) in [6.07, 6.45) is -0.0326. The number of carbonyl (C=O) groups excluding carboxylic acids is 1. The zero-order chi connectivity index (χ0) is 24.8. The second-order valence-electron chi connectivity index (χ2n) is 8.87. The van der Waals surface area contributed by atoms with Crippen molar-refractivity contribution < 1.29 is 24.2 Å². The van der Waals surface area contributed by atoms with E-state index in [9.17, 15) is 9.90 Å². The Labute approximate surface area is 199 Å². The van der Waals surface area contributed by atoms with E-state index in [2.05, 4.69) is 34.3 Å². The standard InChI is InChI=1S/C25H32N4O5/c1-14(2)6-20-10-19(9-17(5)27-20)25-29-28-24(34-25)18-7-15(3)23(16(4)8-18)33-13-21(31)11-26-22(32)12-30/h7-10,14,21,30-31H,6,11-13H2,1-5H3,(H,26,32)/t21-/m0/s1. The number of aromatic nitrogens is 3. The minimum Gasteiger partial charge on any atom is -0.490 e. The van der Waals surface area contributed by atoms with E-state index >= 15 is 0 Å². The first-order valence-electron chi connectivity index (χ1n) is 11.3. The van der Waals surface area contributed by atoms with Gasteiger partial charge in [0.25, 0.3) is 0 Å². The van der Waals surface area contributed by atoms with Crippen LogP contribution in [0.1, 0.15) is 36.4 Å². The Morgan fingerprint density at radius 3 is 2.26 bits per heavy atom. The number of aliphatic hydroxyl groups is 2. The predicted molar refractivity (Wildman–Crippen MR) is 127 cm³/mol. The molecule has 34 heavy (non-hydrogen) atoms. The maximum absolute atomic E-state index is 11.1. The highest BCUT2D eigenvalue weighted by atomic mass is 16.5. The number of aliphatic hydroxyl groups excluding tert-OH is 2. The molecule has 1 atom stereocenters. The number of carbonyl (C=O) groups is 1. The van der Waals surface area contributed by atoms with Crippen LogP contribution in [-0.2, 0) is 11.2 Å². The molecule has 0 spiro atoms. The fraction of sp³-hybridized carbons (Fsp3) is 0.440. The van der Waals surface area contributed by atoms with Crippen molar-refractivity contribution in [1.29, 1.82) is 0 Å². The summed E-state index contributed by atoms with van der Waals surface area (Å²) in [5, 5.41) is 29.6. The van der Waals surface area contributed by atoms with Crippen molar-refractivity contribution in [3.05, 3.63) is 46.8 Å². The van der Waals surface area contributed by atoms with Crippen LogP contribution in [0.2, 0.25) is 0 Å². The van der Waals surface area contributed by atoms with Gasteiger partial charge in [0.1, 0.15) is 25.1 Å². The smallest absolute Gasteiger partial charge is 0.248 e. The Hall–Kier alpha value is -3.30. The van der Waals surface area contributed by atoms with Crippen molar-refractivity contribution in [2.75, 3.05) is 19.8 Å². The normalized spacial score (nSPS) is 12.1. The van der Waals surface area contributed by atoms with E-state index in [0.29, 0.717) is 23.4 Å². The van der Waals surface area contributed by atoms with Gasteiger partial charge in [0.05, 0.1) is 0 Å². The second kappa shape index (κ2) is 11.2. The van der Waals surface area contributed by atoms with Gasteiger partial charge in [0.2, 0.25) is 17.7 Å². The SMILES string of the molecule is Cc1cc(-c2nnc(-c3cc(C)c(OC[C@@H](O)CNC(=O)CO)c(C)c3)o2)cc(CC(C)C)n1. The van der Waals surface area contributed by atoms with Gasteiger partial charge in [-0.2, -0.15) is 0 Å². The Morgan fingerprint density at radius 1 is 1.06 bits per heavy atom. The van der Waals surface area contributed by atoms with Crippen LogP contribution in [0, 0.1) is 26.7 Å². The summed E-state index contributed by atoms with van der Waals surface area (Å²) < 4.78 is 11.8. The van der Waals surface area contributed by atoms with Gasteiger partial charge >= 0.3 is 0 Å². The average Bonchev–Trinajstić information content (AvgIpc) is 3.26. The van der Waals surface area contributed by atoms with Crippen molar-refractivity contribution in [3.63, 3.8) is 0 Å². The van der Waals surface area contributed by atoms with Crippen LogP contribution in [0.3, 0.4) is 0 Å². The van der Waals surface area contributed by atoms with Crippen molar-refractivity contribution in [2.45, 2.75) is 47.1 Å². The van der Waals surface area contributed by atoms with Gasteiger partial charge in [-0.3, -0.25) is 9.78 Å². The molecule has 9 heteroatoms. The van der Waals surface area contributed by atoms with Crippen LogP contribution in [0.4, 0.5) is 0 Å². The fourth-order valence-corrected chi connectivity index (χ4v) is 3.67. The molecule has 0 unspecified atom stereocenters. The van der Waals surface area contributed by atoms with E-state index in [-0.39, 0.29) is 13.2 Å². The molecule has 9 nitrogen and oxygen atoms in total. The third-order valence-electron chi connectivity index (χ3n) is 5.10. The number of hydrogen-bond acceptors (Lipinski definition) is 8. The highest BCUT2D eigenvalue weighted by Gasteiger charge is 2.16. The number of nitrogens with one attached hydrogen (secondary N) is 1. The van der Waals surface area contributed by atoms with E-state index < -0.39 is 18.6 Å². The lowest BCUT2D eigenvalue weighted by Gasteiger charge is -2.16. The minimum absolute atomic E-state index is 0.00244. The van der Waals surface area contributed by atoms with Crippen LogP contribution in [-0.4, -0.2) is 57.2 Å². The molecule has 0 bridgehead atoms. The average molecular weight is 469 g/mol. The van der Waals surface area contributed by atoms with Crippen LogP contribution in [0.15, 0.2) is 28.7 Å². The zero-order valence-corrected chi connectivity index (χ0v) is 20.3. The quantitative estimate of drug-likeness (QED) is 0.414. The highest BCUT2D eigenvalue weighted by Crippen LogP contribution is 2.31. The molecular weight excluding hydrogens is 436 g/mol. The number of benzene rings is 1. The molecule has 3 rings (SSSR count). The van der Waals surface area contributed by atoms with Crippen LogP contribution in [0.5, 0.6) is 5.75 Å². The number of rotatable bonds is 10. The summed E-state index contributed by atoms with van der Waals surface area (Å²) in [6.45, 7) is 9.43. The van der Waals surface area contributed by atoms with Crippen LogP contribution in [0.25, 0.3) is 22.9 Å². The van der Waals surface area contributed by atoms with Gasteiger partial charge in [-0.25, -0.2) is 0 Å². The lowest BCUT2D eigenvalue weighted by Crippen LogP contribution is -2.36. The predicted octanol–water partition coefficient (Wildman–Crippen LogP) is 2.77. The second-order valence-corrected chi connectivity index (χ2v) is 8.87. The number of ether oxygens (including phenoxy) is 1. The number of nitrogens with zero attached hydrogens (tertiary/aromatic N) is 3. The number of pyridine rings is 1. The molecule has 0 aliphatic heterocycles. The Morgan fingerprint density at radius 2 is 1.68 bits per heavy atom. The Bertz CT molecular complexity index is 1120. The number of aryl methyl sites for hydroxylation is 3. The molecule has 0 saturated heterocycles. The van der Waals surface area contributed by atoms with Gasteiger partial charge in [-0.05, 0) is 68.5 Å². The molecule has 0 aliphatic rings. The van der Waals surface area contributed by atoms with Crippen molar-refractivity contribution >= 4 is 5.91 Å². The van der Waals surface area contributed by atoms with Crippen molar-refractivity contribution in [1.82, 2.24) is 20.5 Å². The molecule has 0 aliphatic carbocycles. The zero-order valence-electron chi connectivity index (χ0n) is 20.3. The molecule has 3 aromatic rings. The van der Waals surface area contributed by atoms with Gasteiger partial charge in [-0.15, -0.1) is 10.2 Å². The van der Waals surface area contributed by atoms with Gasteiger partial charge in [0.15, 0.2) is 0 Å². The monoisotopic (exact) mass is 468 g/mol. The molecule has 0 saturated carbocycles. The first-order valence-corrected chi connectivity index (χ1v) is 11.3. The van der Waals surface area contributed by atoms with Crippen LogP contribution < -0.4 is 10.1 Å². The number of hydrogen-bond donors (Lipinski definition) is 3. The molecule has 1 amide bonds. The number of amides is 1. The van der Waals surface area contributed by atoms with Gasteiger partial charge in [-0.1, -0.05) is 13.8 Å². The summed E-state index contributed by atoms with van der Waals surface area (Å²) in [4.78, 5) is 15.7. The topological polar surface area (TPSA) is 131 Å². The third kappa shape index (κ3) is 6.61. The summed E-state index contributed by atoms with van der Waals surface area (Å²) >= 11 is 0. The summed E-state index contributed by atoms with van der Waals surface area (Å²) in [7, 11) is 0. The third-order valence-corrected chi connectivity index (χ3v) is 5.10. The summed E-state index contributed by atoms with van der Waals surface area (Å²) in [5.41, 5.74) is 5.21. The van der Waals surface area contributed by atoms with E-state index in [4.69, 9.17) is 14.3 Å². The lowest BCUT2D eigenvalue weighted by atomic mass is 10.1. The highest BCUT2D eigenvalue weighted by molar-refractivity contribution is 5.76. The molecule has 182 valence electrons. The van der Waals surface area contributed by atoms with Gasteiger partial charge < -0.3 is 24.7 Å². The molecule has 2 aromatic heterocycles. The van der Waals surface area contributed by atoms with Crippen LogP contribution >= 0.6 is 0 Å². The summed E-state index contributed by atoms with van der Waals surface area (Å²) in [6, 6.07) is 7.71. The molecule has 0 radical (unpaired) electrons. The Balaban J connectivity index is 1.75. The Kier molecular flexibility index (Phi) is 8.36. The molecule has 3 N–H and O–H groups in total. The largest absolute Gasteiger partial charge is 0.490 e. The van der Waals surface area contributed by atoms with Gasteiger partial charge in [0, 0.05) is 29.1 Å². The van der Waals surface area contributed by atoms with E-state index in [1.165, 1.54) is 0 Å². The maximum Gasteiger partial charge on any atom is 0.248 e. The van der Waals surface area contributed by atoms with E-state index in [1.54, 1.807) is 0 Å².